The molecule has 2 aromatic rings. The van der Waals surface area contributed by atoms with E-state index in [0.29, 0.717) is 19.6 Å². The second kappa shape index (κ2) is 6.67. The second-order valence-corrected chi connectivity index (χ2v) is 6.60. The molecule has 1 saturated heterocycles. The number of aromatic amines is 1. The summed E-state index contributed by atoms with van der Waals surface area (Å²) in [5, 5.41) is 3.98. The number of nitrogens with zero attached hydrogens (tertiary/aromatic N) is 1. The number of nitrogens with one attached hydrogen (secondary N) is 2. The number of aromatic nitrogens is 1. The largest absolute Gasteiger partial charge is 0.358 e. The molecule has 3 rings (SSSR count). The van der Waals surface area contributed by atoms with Gasteiger partial charge in [0.25, 0.3) is 5.91 Å². The molecule has 2 amide bonds. The van der Waals surface area contributed by atoms with Crippen molar-refractivity contribution in [3.8, 4) is 0 Å². The van der Waals surface area contributed by atoms with Crippen molar-refractivity contribution >= 4 is 22.7 Å². The number of piperidine rings is 1. The normalized spacial score (nSPS) is 15.7. The molecule has 1 fully saturated rings. The van der Waals surface area contributed by atoms with Crippen LogP contribution < -0.4 is 5.32 Å². The van der Waals surface area contributed by atoms with Gasteiger partial charge in [-0.25, -0.2) is 0 Å². The van der Waals surface area contributed by atoms with E-state index in [9.17, 15) is 9.59 Å². The summed E-state index contributed by atoms with van der Waals surface area (Å²) in [6, 6.07) is 5.84. The smallest absolute Gasteiger partial charge is 0.253 e. The monoisotopic (exact) mass is 327 g/mol. The average molecular weight is 327 g/mol. The second-order valence-electron chi connectivity index (χ2n) is 6.60. The number of hydrogen-bond acceptors (Lipinski definition) is 2. The van der Waals surface area contributed by atoms with E-state index in [1.165, 1.54) is 5.56 Å². The van der Waals surface area contributed by atoms with Crippen LogP contribution in [0.15, 0.2) is 18.2 Å². The van der Waals surface area contributed by atoms with E-state index in [1.807, 2.05) is 36.9 Å². The predicted octanol–water partition coefficient (Wildman–Crippen LogP) is 2.77. The maximum absolute atomic E-state index is 12.8. The highest BCUT2D eigenvalue weighted by Gasteiger charge is 2.27. The molecule has 1 aromatic carbocycles. The van der Waals surface area contributed by atoms with Gasteiger partial charge >= 0.3 is 0 Å². The van der Waals surface area contributed by atoms with Crippen LogP contribution in [0, 0.1) is 19.8 Å². The first-order valence-corrected chi connectivity index (χ1v) is 8.67. The zero-order valence-electron chi connectivity index (χ0n) is 14.6. The van der Waals surface area contributed by atoms with E-state index in [4.69, 9.17) is 0 Å². The first-order chi connectivity index (χ1) is 11.5. The highest BCUT2D eigenvalue weighted by Crippen LogP contribution is 2.24. The van der Waals surface area contributed by atoms with Crippen molar-refractivity contribution in [2.75, 3.05) is 19.6 Å². The highest BCUT2D eigenvalue weighted by molar-refractivity contribution is 5.99. The lowest BCUT2D eigenvalue weighted by atomic mass is 9.95. The quantitative estimate of drug-likeness (QED) is 0.910. The van der Waals surface area contributed by atoms with Crippen LogP contribution in [0.5, 0.6) is 0 Å². The standard InChI is InChI=1S/C19H25N3O2/c1-4-20-18(23)14-7-9-22(10-8-14)19(24)15-5-6-17-16(11-15)12(2)13(3)21-17/h5-6,11,14,21H,4,7-10H2,1-3H3,(H,20,23). The van der Waals surface area contributed by atoms with E-state index in [0.717, 1.165) is 35.0 Å². The van der Waals surface area contributed by atoms with Crippen molar-refractivity contribution < 1.29 is 9.59 Å². The summed E-state index contributed by atoms with van der Waals surface area (Å²) in [5.41, 5.74) is 4.12. The minimum Gasteiger partial charge on any atom is -0.358 e. The van der Waals surface area contributed by atoms with Crippen molar-refractivity contribution in [3.05, 3.63) is 35.0 Å². The predicted molar refractivity (Wildman–Crippen MR) is 95.1 cm³/mol. The number of likely N-dealkylation sites (tertiary alicyclic amines) is 1. The fourth-order valence-corrected chi connectivity index (χ4v) is 3.44. The molecule has 2 N–H and O–H groups in total. The highest BCUT2D eigenvalue weighted by atomic mass is 16.2. The van der Waals surface area contributed by atoms with Crippen molar-refractivity contribution in [1.29, 1.82) is 0 Å². The molecule has 1 aromatic heterocycles. The van der Waals surface area contributed by atoms with Crippen molar-refractivity contribution in [3.63, 3.8) is 0 Å². The SMILES string of the molecule is CCNC(=O)C1CCN(C(=O)c2ccc3[nH]c(C)c(C)c3c2)CC1. The molecule has 0 aliphatic carbocycles. The number of fused-ring (bicyclic) bond motifs is 1. The summed E-state index contributed by atoms with van der Waals surface area (Å²) in [5.74, 6) is 0.208. The van der Waals surface area contributed by atoms with Crippen LogP contribution in [0.4, 0.5) is 0 Å². The van der Waals surface area contributed by atoms with Gasteiger partial charge in [-0.2, -0.15) is 0 Å². The number of carbonyl (C=O) groups excluding carboxylic acids is 2. The summed E-state index contributed by atoms with van der Waals surface area (Å²) in [6.45, 7) is 7.99. The molecular formula is C19H25N3O2. The van der Waals surface area contributed by atoms with E-state index < -0.39 is 0 Å². The summed E-state index contributed by atoms with van der Waals surface area (Å²) < 4.78 is 0. The van der Waals surface area contributed by atoms with Crippen LogP contribution in [0.1, 0.15) is 41.4 Å². The van der Waals surface area contributed by atoms with Crippen LogP contribution in [0.3, 0.4) is 0 Å². The van der Waals surface area contributed by atoms with Gasteiger partial charge in [0, 0.05) is 47.7 Å². The molecule has 0 atom stereocenters. The third-order valence-corrected chi connectivity index (χ3v) is 5.06. The molecule has 0 radical (unpaired) electrons. The number of amides is 2. The maximum Gasteiger partial charge on any atom is 0.253 e. The molecule has 24 heavy (non-hydrogen) atoms. The maximum atomic E-state index is 12.8. The Bertz CT molecular complexity index is 770. The Balaban J connectivity index is 1.71. The van der Waals surface area contributed by atoms with Gasteiger partial charge in [0.15, 0.2) is 0 Å². The van der Waals surface area contributed by atoms with Gasteiger partial charge < -0.3 is 15.2 Å². The minimum absolute atomic E-state index is 0.0334. The van der Waals surface area contributed by atoms with E-state index in [2.05, 4.69) is 17.2 Å². The molecule has 1 aliphatic heterocycles. The molecule has 5 nitrogen and oxygen atoms in total. The summed E-state index contributed by atoms with van der Waals surface area (Å²) in [7, 11) is 0. The molecule has 0 unspecified atom stereocenters. The third-order valence-electron chi connectivity index (χ3n) is 5.06. The molecule has 128 valence electrons. The first kappa shape index (κ1) is 16.6. The Hall–Kier alpha value is -2.30. The Morgan fingerprint density at radius 3 is 2.62 bits per heavy atom. The number of hydrogen-bond donors (Lipinski definition) is 2. The van der Waals surface area contributed by atoms with Crippen LogP contribution in [0.25, 0.3) is 10.9 Å². The molecule has 0 bridgehead atoms. The number of rotatable bonds is 3. The van der Waals surface area contributed by atoms with E-state index >= 15 is 0 Å². The minimum atomic E-state index is 0.0334. The van der Waals surface area contributed by atoms with Crippen LogP contribution in [-0.2, 0) is 4.79 Å². The zero-order valence-corrected chi connectivity index (χ0v) is 14.6. The molecule has 5 heteroatoms. The Morgan fingerprint density at radius 2 is 1.96 bits per heavy atom. The number of H-pyrrole nitrogens is 1. The topological polar surface area (TPSA) is 65.2 Å². The van der Waals surface area contributed by atoms with Gasteiger partial charge in [0.1, 0.15) is 0 Å². The van der Waals surface area contributed by atoms with Crippen LogP contribution >= 0.6 is 0 Å². The fourth-order valence-electron chi connectivity index (χ4n) is 3.44. The summed E-state index contributed by atoms with van der Waals surface area (Å²) in [6.07, 6.45) is 1.48. The zero-order chi connectivity index (χ0) is 17.3. The van der Waals surface area contributed by atoms with Crippen molar-refractivity contribution in [2.45, 2.75) is 33.6 Å². The lowest BCUT2D eigenvalue weighted by molar-refractivity contribution is -0.126. The lowest BCUT2D eigenvalue weighted by Crippen LogP contribution is -2.43. The average Bonchev–Trinajstić information content (AvgIpc) is 2.88. The van der Waals surface area contributed by atoms with E-state index in [-0.39, 0.29) is 17.7 Å². The summed E-state index contributed by atoms with van der Waals surface area (Å²) >= 11 is 0. The van der Waals surface area contributed by atoms with Gasteiger partial charge in [-0.3, -0.25) is 9.59 Å². The fraction of sp³-hybridized carbons (Fsp3) is 0.474. The van der Waals surface area contributed by atoms with E-state index in [1.54, 1.807) is 0 Å². The Kier molecular flexibility index (Phi) is 4.60. The van der Waals surface area contributed by atoms with Gasteiger partial charge in [-0.1, -0.05) is 0 Å². The van der Waals surface area contributed by atoms with Crippen LogP contribution in [-0.4, -0.2) is 41.3 Å². The molecular weight excluding hydrogens is 302 g/mol. The van der Waals surface area contributed by atoms with Gasteiger partial charge in [0.2, 0.25) is 5.91 Å². The van der Waals surface area contributed by atoms with Gasteiger partial charge in [-0.15, -0.1) is 0 Å². The number of aryl methyl sites for hydroxylation is 2. The molecule has 0 saturated carbocycles. The van der Waals surface area contributed by atoms with Gasteiger partial charge in [0.05, 0.1) is 0 Å². The van der Waals surface area contributed by atoms with Crippen molar-refractivity contribution in [1.82, 2.24) is 15.2 Å². The number of carbonyl (C=O) groups is 2. The molecule has 0 spiro atoms. The first-order valence-electron chi connectivity index (χ1n) is 8.67. The van der Waals surface area contributed by atoms with Gasteiger partial charge in [-0.05, 0) is 57.4 Å². The third kappa shape index (κ3) is 3.03. The Morgan fingerprint density at radius 1 is 1.25 bits per heavy atom. The molecule has 2 heterocycles. The lowest BCUT2D eigenvalue weighted by Gasteiger charge is -2.31. The molecule has 1 aliphatic rings. The summed E-state index contributed by atoms with van der Waals surface area (Å²) in [4.78, 5) is 29.9. The Labute approximate surface area is 142 Å². The van der Waals surface area contributed by atoms with Crippen molar-refractivity contribution in [2.24, 2.45) is 5.92 Å². The number of benzene rings is 1. The van der Waals surface area contributed by atoms with Crippen LogP contribution in [0.2, 0.25) is 0 Å².